The van der Waals surface area contributed by atoms with Crippen LogP contribution in [0.25, 0.3) is 11.1 Å². The highest BCUT2D eigenvalue weighted by Crippen LogP contribution is 2.37. The molecule has 29 heavy (non-hydrogen) atoms. The first-order valence-corrected chi connectivity index (χ1v) is 11.0. The van der Waals surface area contributed by atoms with Gasteiger partial charge in [0.15, 0.2) is 0 Å². The van der Waals surface area contributed by atoms with Crippen LogP contribution in [0.1, 0.15) is 52.7 Å². The topological polar surface area (TPSA) is 9.23 Å². The third-order valence-corrected chi connectivity index (χ3v) is 5.59. The number of hydrogen-bond donors (Lipinski definition) is 0. The van der Waals surface area contributed by atoms with Gasteiger partial charge in [-0.15, -0.1) is 0 Å². The molecule has 0 spiro atoms. The molecule has 3 rings (SSSR count). The largest absolute Gasteiger partial charge is 0.457 e. The number of ether oxygens (including phenoxy) is 1. The van der Waals surface area contributed by atoms with Gasteiger partial charge in [-0.25, -0.2) is 0 Å². The van der Waals surface area contributed by atoms with Gasteiger partial charge in [0.1, 0.15) is 11.5 Å². The number of rotatable bonds is 3. The van der Waals surface area contributed by atoms with Crippen LogP contribution in [0.3, 0.4) is 0 Å². The summed E-state index contributed by atoms with van der Waals surface area (Å²) in [5, 5.41) is 0.658. The third-order valence-electron chi connectivity index (χ3n) is 4.90. The van der Waals surface area contributed by atoms with Gasteiger partial charge in [-0.05, 0) is 69.5 Å². The molecule has 0 fully saturated rings. The fourth-order valence-corrected chi connectivity index (χ4v) is 3.77. The van der Waals surface area contributed by atoms with Gasteiger partial charge in [0.05, 0.1) is 0 Å². The number of benzene rings is 3. The Morgan fingerprint density at radius 2 is 1.28 bits per heavy atom. The summed E-state index contributed by atoms with van der Waals surface area (Å²) >= 11 is 9.75. The van der Waals surface area contributed by atoms with Crippen LogP contribution in [-0.2, 0) is 10.8 Å². The van der Waals surface area contributed by atoms with E-state index in [1.54, 1.807) is 0 Å². The minimum atomic E-state index is 0.0716. The van der Waals surface area contributed by atoms with E-state index >= 15 is 0 Å². The lowest BCUT2D eigenvalue weighted by Gasteiger charge is -2.26. The van der Waals surface area contributed by atoms with E-state index in [1.807, 2.05) is 30.3 Å². The van der Waals surface area contributed by atoms with E-state index in [9.17, 15) is 0 Å². The molecule has 0 radical (unpaired) electrons. The molecular formula is C26H28BrClO. The summed E-state index contributed by atoms with van der Waals surface area (Å²) in [6, 6.07) is 20.6. The molecule has 0 bridgehead atoms. The maximum absolute atomic E-state index is 6.10. The Hall–Kier alpha value is -1.77. The highest BCUT2D eigenvalue weighted by atomic mass is 79.9. The molecule has 3 heteroatoms. The average Bonchev–Trinajstić information content (AvgIpc) is 2.59. The normalized spacial score (nSPS) is 12.1. The SMILES string of the molecule is CC(C)(C)c1cc(-c2cc(Br)cc(Oc3cccc(Cl)c3)c2)cc(C(C)(C)C)c1. The minimum absolute atomic E-state index is 0.0716. The summed E-state index contributed by atoms with van der Waals surface area (Å²) in [5.74, 6) is 1.50. The van der Waals surface area contributed by atoms with Crippen molar-refractivity contribution < 1.29 is 4.74 Å². The van der Waals surface area contributed by atoms with Gasteiger partial charge in [-0.2, -0.15) is 0 Å². The number of halogens is 2. The quantitative estimate of drug-likeness (QED) is 0.370. The van der Waals surface area contributed by atoms with Crippen molar-refractivity contribution in [3.63, 3.8) is 0 Å². The smallest absolute Gasteiger partial charge is 0.129 e. The minimum Gasteiger partial charge on any atom is -0.457 e. The van der Waals surface area contributed by atoms with E-state index in [2.05, 4.69) is 87.8 Å². The fourth-order valence-electron chi connectivity index (χ4n) is 3.12. The van der Waals surface area contributed by atoms with Crippen LogP contribution >= 0.6 is 27.5 Å². The molecule has 0 aromatic heterocycles. The van der Waals surface area contributed by atoms with E-state index in [1.165, 1.54) is 16.7 Å². The van der Waals surface area contributed by atoms with Crippen molar-refractivity contribution >= 4 is 27.5 Å². The Bertz CT molecular complexity index is 993. The lowest BCUT2D eigenvalue weighted by atomic mass is 9.79. The van der Waals surface area contributed by atoms with Gasteiger partial charge in [0.2, 0.25) is 0 Å². The Kier molecular flexibility index (Phi) is 6.17. The van der Waals surface area contributed by atoms with Crippen LogP contribution in [0.4, 0.5) is 0 Å². The maximum Gasteiger partial charge on any atom is 0.129 e. The van der Waals surface area contributed by atoms with E-state index < -0.39 is 0 Å². The van der Waals surface area contributed by atoms with E-state index in [0.717, 1.165) is 21.5 Å². The molecule has 3 aromatic carbocycles. The monoisotopic (exact) mass is 470 g/mol. The average molecular weight is 472 g/mol. The zero-order chi connectivity index (χ0) is 21.4. The molecule has 3 aromatic rings. The van der Waals surface area contributed by atoms with Crippen LogP contribution in [0, 0.1) is 0 Å². The first kappa shape index (κ1) is 21.9. The Morgan fingerprint density at radius 1 is 0.690 bits per heavy atom. The van der Waals surface area contributed by atoms with Crippen LogP contribution in [0.5, 0.6) is 11.5 Å². The van der Waals surface area contributed by atoms with Crippen molar-refractivity contribution in [3.8, 4) is 22.6 Å². The lowest BCUT2D eigenvalue weighted by Crippen LogP contribution is -2.16. The summed E-state index contributed by atoms with van der Waals surface area (Å²) in [7, 11) is 0. The molecule has 0 aliphatic carbocycles. The first-order chi connectivity index (χ1) is 13.4. The summed E-state index contributed by atoms with van der Waals surface area (Å²) in [5.41, 5.74) is 5.12. The molecule has 0 unspecified atom stereocenters. The predicted molar refractivity (Wildman–Crippen MR) is 129 cm³/mol. The zero-order valence-electron chi connectivity index (χ0n) is 17.9. The summed E-state index contributed by atoms with van der Waals surface area (Å²) < 4.78 is 7.06. The summed E-state index contributed by atoms with van der Waals surface area (Å²) in [6.45, 7) is 13.5. The van der Waals surface area contributed by atoms with Crippen molar-refractivity contribution in [2.75, 3.05) is 0 Å². The molecule has 0 aliphatic rings. The molecule has 1 nitrogen and oxygen atoms in total. The molecule has 0 amide bonds. The molecule has 0 atom stereocenters. The van der Waals surface area contributed by atoms with Gasteiger partial charge >= 0.3 is 0 Å². The molecule has 0 N–H and O–H groups in total. The molecular weight excluding hydrogens is 444 g/mol. The third kappa shape index (κ3) is 5.65. The Morgan fingerprint density at radius 3 is 1.83 bits per heavy atom. The van der Waals surface area contributed by atoms with Gasteiger partial charge in [0, 0.05) is 9.50 Å². The second kappa shape index (κ2) is 8.16. The molecule has 0 heterocycles. The Balaban J connectivity index is 2.09. The van der Waals surface area contributed by atoms with E-state index in [-0.39, 0.29) is 10.8 Å². The molecule has 152 valence electrons. The Labute approximate surface area is 188 Å². The van der Waals surface area contributed by atoms with Gasteiger partial charge in [0.25, 0.3) is 0 Å². The fraction of sp³-hybridized carbons (Fsp3) is 0.308. The van der Waals surface area contributed by atoms with E-state index in [4.69, 9.17) is 16.3 Å². The number of hydrogen-bond acceptors (Lipinski definition) is 1. The van der Waals surface area contributed by atoms with Crippen molar-refractivity contribution in [1.29, 1.82) is 0 Å². The highest BCUT2D eigenvalue weighted by molar-refractivity contribution is 9.10. The van der Waals surface area contributed by atoms with Gasteiger partial charge in [-0.3, -0.25) is 0 Å². The van der Waals surface area contributed by atoms with Crippen LogP contribution in [-0.4, -0.2) is 0 Å². The van der Waals surface area contributed by atoms with Crippen molar-refractivity contribution in [1.82, 2.24) is 0 Å². The highest BCUT2D eigenvalue weighted by Gasteiger charge is 2.21. The van der Waals surface area contributed by atoms with Gasteiger partial charge in [-0.1, -0.05) is 93.3 Å². The summed E-state index contributed by atoms with van der Waals surface area (Å²) in [4.78, 5) is 0. The molecule has 0 saturated carbocycles. The van der Waals surface area contributed by atoms with Crippen molar-refractivity contribution in [2.45, 2.75) is 52.4 Å². The standard InChI is InChI=1S/C26H28BrClO/c1-25(2,3)19-10-17(11-20(14-19)26(4,5)6)18-12-21(27)15-24(13-18)29-23-9-7-8-22(28)16-23/h7-16H,1-6H3. The van der Waals surface area contributed by atoms with E-state index in [0.29, 0.717) is 5.02 Å². The van der Waals surface area contributed by atoms with Crippen molar-refractivity contribution in [3.05, 3.63) is 81.3 Å². The lowest BCUT2D eigenvalue weighted by molar-refractivity contribution is 0.482. The second-order valence-electron chi connectivity index (χ2n) is 9.53. The maximum atomic E-state index is 6.10. The van der Waals surface area contributed by atoms with Gasteiger partial charge < -0.3 is 4.74 Å². The van der Waals surface area contributed by atoms with Crippen molar-refractivity contribution in [2.24, 2.45) is 0 Å². The second-order valence-corrected chi connectivity index (χ2v) is 10.9. The first-order valence-electron chi connectivity index (χ1n) is 9.82. The summed E-state index contributed by atoms with van der Waals surface area (Å²) in [6.07, 6.45) is 0. The predicted octanol–water partition coefficient (Wildman–Crippen LogP) is 9.16. The molecule has 0 aliphatic heterocycles. The zero-order valence-corrected chi connectivity index (χ0v) is 20.3. The van der Waals surface area contributed by atoms with Crippen LogP contribution in [0.2, 0.25) is 5.02 Å². The van der Waals surface area contributed by atoms with Crippen LogP contribution in [0.15, 0.2) is 65.1 Å². The molecule has 0 saturated heterocycles. The van der Waals surface area contributed by atoms with Crippen LogP contribution < -0.4 is 4.74 Å².